The second-order valence-corrected chi connectivity index (χ2v) is 10.1. The van der Waals surface area contributed by atoms with Crippen molar-refractivity contribution < 1.29 is 10.0 Å². The van der Waals surface area contributed by atoms with E-state index in [2.05, 4.69) is 60.8 Å². The van der Waals surface area contributed by atoms with Gasteiger partial charge >= 0.3 is 0 Å². The number of hydrogen-bond donors (Lipinski definition) is 3. The number of aryl methyl sites for hydroxylation is 1. The molecule has 0 aliphatic heterocycles. The first kappa shape index (κ1) is 28.9. The Morgan fingerprint density at radius 2 is 1.46 bits per heavy atom. The Balaban J connectivity index is 1.88. The van der Waals surface area contributed by atoms with E-state index in [0.29, 0.717) is 6.54 Å². The Labute approximate surface area is 211 Å². The molecule has 0 bridgehead atoms. The molecule has 1 heterocycles. The Bertz CT molecular complexity index is 854. The van der Waals surface area contributed by atoms with Crippen molar-refractivity contribution in [1.82, 2.24) is 25.7 Å². The number of amides is 1. The van der Waals surface area contributed by atoms with Crippen molar-refractivity contribution in [1.29, 1.82) is 0 Å². The molecule has 0 aliphatic carbocycles. The fourth-order valence-electron chi connectivity index (χ4n) is 4.33. The zero-order valence-electron chi connectivity index (χ0n) is 22.4. The van der Waals surface area contributed by atoms with Crippen LogP contribution in [0, 0.1) is 0 Å². The van der Waals surface area contributed by atoms with Crippen molar-refractivity contribution in [3.8, 4) is 0 Å². The van der Waals surface area contributed by atoms with Crippen LogP contribution in [0.3, 0.4) is 0 Å². The molecule has 0 fully saturated rings. The highest BCUT2D eigenvalue weighted by molar-refractivity contribution is 5.96. The van der Waals surface area contributed by atoms with E-state index in [4.69, 9.17) is 0 Å². The minimum Gasteiger partial charge on any atom is -0.324 e. The summed E-state index contributed by atoms with van der Waals surface area (Å²) < 4.78 is 0. The number of nitrogens with zero attached hydrogens (tertiary/aromatic N) is 4. The molecule has 0 spiro atoms. The van der Waals surface area contributed by atoms with Gasteiger partial charge in [-0.05, 0) is 34.6 Å². The molecule has 0 saturated heterocycles. The molecule has 1 unspecified atom stereocenters. The van der Waals surface area contributed by atoms with E-state index >= 15 is 0 Å². The molecule has 8 nitrogen and oxygen atoms in total. The van der Waals surface area contributed by atoms with E-state index in [0.717, 1.165) is 29.7 Å². The number of para-hydroxylation sites is 1. The van der Waals surface area contributed by atoms with Crippen LogP contribution in [0.4, 0.5) is 5.69 Å². The molecule has 1 aromatic carbocycles. The molecule has 196 valence electrons. The van der Waals surface area contributed by atoms with Gasteiger partial charge in [0.2, 0.25) is 5.82 Å². The van der Waals surface area contributed by atoms with Crippen molar-refractivity contribution in [3.63, 3.8) is 0 Å². The van der Waals surface area contributed by atoms with Crippen LogP contribution in [0.15, 0.2) is 18.2 Å². The van der Waals surface area contributed by atoms with E-state index in [1.807, 2.05) is 18.2 Å². The van der Waals surface area contributed by atoms with Gasteiger partial charge in [0.15, 0.2) is 6.04 Å². The second-order valence-electron chi connectivity index (χ2n) is 10.1. The van der Waals surface area contributed by atoms with Gasteiger partial charge in [-0.2, -0.15) is 10.3 Å². The molecule has 0 aliphatic rings. The Hall–Kier alpha value is -2.32. The summed E-state index contributed by atoms with van der Waals surface area (Å²) in [6, 6.07) is 4.96. The van der Waals surface area contributed by atoms with E-state index in [9.17, 15) is 10.0 Å². The van der Waals surface area contributed by atoms with E-state index < -0.39 is 11.9 Å². The van der Waals surface area contributed by atoms with E-state index in [1.165, 1.54) is 56.2 Å². The molecule has 8 heteroatoms. The van der Waals surface area contributed by atoms with Gasteiger partial charge in [0, 0.05) is 5.69 Å². The molecule has 3 N–H and O–H groups in total. The van der Waals surface area contributed by atoms with Crippen LogP contribution in [0.1, 0.15) is 134 Å². The van der Waals surface area contributed by atoms with Crippen LogP contribution in [-0.4, -0.2) is 31.3 Å². The zero-order chi connectivity index (χ0) is 25.6. The number of aromatic nitrogens is 4. The van der Waals surface area contributed by atoms with E-state index in [-0.39, 0.29) is 17.7 Å². The highest BCUT2D eigenvalue weighted by Gasteiger charge is 2.27. The topological polar surface area (TPSA) is 105 Å². The number of tetrazole rings is 1. The highest BCUT2D eigenvalue weighted by atomic mass is 16.5. The molecule has 35 heavy (non-hydrogen) atoms. The third-order valence-electron chi connectivity index (χ3n) is 6.45. The molecule has 0 saturated carbocycles. The summed E-state index contributed by atoms with van der Waals surface area (Å²) in [5.41, 5.74) is 4.97. The maximum atomic E-state index is 13.1. The first-order valence-corrected chi connectivity index (χ1v) is 13.5. The fraction of sp³-hybridized carbons (Fsp3) is 0.704. The molecular weight excluding hydrogens is 440 g/mol. The number of hydrogen-bond acceptors (Lipinski definition) is 6. The van der Waals surface area contributed by atoms with Crippen LogP contribution >= 0.6 is 0 Å². The standard InChI is InChI=1S/C27H46N6O2/c1-6-7-8-9-10-11-12-13-14-15-19-33-30-26(29-32-33)25(31-35)27(34)28-24-22(20(2)3)17-16-18-23(24)21(4)5/h16-18,20-21,25,31,35H,6-15,19H2,1-5H3,(H,28,34). The number of unbranched alkanes of at least 4 members (excludes halogenated alkanes) is 9. The summed E-state index contributed by atoms with van der Waals surface area (Å²) in [5, 5.41) is 25.2. The van der Waals surface area contributed by atoms with Crippen molar-refractivity contribution in [2.75, 3.05) is 5.32 Å². The van der Waals surface area contributed by atoms with Crippen molar-refractivity contribution >= 4 is 11.6 Å². The summed E-state index contributed by atoms with van der Waals surface area (Å²) >= 11 is 0. The minimum absolute atomic E-state index is 0.158. The Morgan fingerprint density at radius 3 is 1.97 bits per heavy atom. The monoisotopic (exact) mass is 486 g/mol. The lowest BCUT2D eigenvalue weighted by Gasteiger charge is -2.21. The summed E-state index contributed by atoms with van der Waals surface area (Å²) in [5.74, 6) is 0.223. The highest BCUT2D eigenvalue weighted by Crippen LogP contribution is 2.33. The van der Waals surface area contributed by atoms with Crippen molar-refractivity contribution in [2.45, 2.75) is 123 Å². The average molecular weight is 487 g/mol. The molecule has 2 aromatic rings. The van der Waals surface area contributed by atoms with Crippen LogP contribution in [0.5, 0.6) is 0 Å². The quantitative estimate of drug-likeness (QED) is 0.174. The molecule has 1 aromatic heterocycles. The number of anilines is 1. The normalized spacial score (nSPS) is 12.5. The predicted molar refractivity (Wildman–Crippen MR) is 141 cm³/mol. The Morgan fingerprint density at radius 1 is 0.914 bits per heavy atom. The number of benzene rings is 1. The van der Waals surface area contributed by atoms with Gasteiger partial charge in [0.05, 0.1) is 6.54 Å². The summed E-state index contributed by atoms with van der Waals surface area (Å²) in [6.45, 7) is 11.3. The predicted octanol–water partition coefficient (Wildman–Crippen LogP) is 6.50. The van der Waals surface area contributed by atoms with Crippen molar-refractivity contribution in [3.05, 3.63) is 35.2 Å². The van der Waals surface area contributed by atoms with Gasteiger partial charge in [-0.25, -0.2) is 0 Å². The molecule has 1 amide bonds. The second kappa shape index (κ2) is 15.6. The molecular formula is C27H46N6O2. The lowest BCUT2D eigenvalue weighted by molar-refractivity contribution is -0.121. The number of rotatable bonds is 17. The molecule has 2 rings (SSSR count). The number of hydroxylamine groups is 1. The number of carbonyl (C=O) groups is 1. The zero-order valence-corrected chi connectivity index (χ0v) is 22.4. The lowest BCUT2D eigenvalue weighted by Crippen LogP contribution is -2.32. The van der Waals surface area contributed by atoms with Crippen LogP contribution < -0.4 is 10.8 Å². The summed E-state index contributed by atoms with van der Waals surface area (Å²) in [4.78, 5) is 14.6. The van der Waals surface area contributed by atoms with E-state index in [1.54, 1.807) is 0 Å². The van der Waals surface area contributed by atoms with Gasteiger partial charge in [-0.3, -0.25) is 4.79 Å². The maximum absolute atomic E-state index is 13.1. The summed E-state index contributed by atoms with van der Waals surface area (Å²) in [6.07, 6.45) is 12.6. The molecule has 0 radical (unpaired) electrons. The van der Waals surface area contributed by atoms with Crippen LogP contribution in [-0.2, 0) is 11.3 Å². The maximum Gasteiger partial charge on any atom is 0.251 e. The van der Waals surface area contributed by atoms with Gasteiger partial charge in [0.25, 0.3) is 5.91 Å². The summed E-state index contributed by atoms with van der Waals surface area (Å²) in [7, 11) is 0. The SMILES string of the molecule is CCCCCCCCCCCCn1nnc(C(NO)C(=O)Nc2c(C(C)C)cccc2C(C)C)n1. The van der Waals surface area contributed by atoms with Crippen LogP contribution in [0.25, 0.3) is 0 Å². The van der Waals surface area contributed by atoms with Gasteiger partial charge < -0.3 is 10.5 Å². The Kier molecular flexibility index (Phi) is 12.9. The van der Waals surface area contributed by atoms with Gasteiger partial charge in [-0.1, -0.05) is 111 Å². The van der Waals surface area contributed by atoms with Crippen LogP contribution in [0.2, 0.25) is 0 Å². The smallest absolute Gasteiger partial charge is 0.251 e. The third-order valence-corrected chi connectivity index (χ3v) is 6.45. The number of nitrogens with one attached hydrogen (secondary N) is 2. The van der Waals surface area contributed by atoms with Crippen molar-refractivity contribution in [2.24, 2.45) is 0 Å². The molecule has 1 atom stereocenters. The number of carbonyl (C=O) groups excluding carboxylic acids is 1. The minimum atomic E-state index is -1.10. The first-order chi connectivity index (χ1) is 16.9. The third kappa shape index (κ3) is 9.33. The van der Waals surface area contributed by atoms with Gasteiger partial charge in [-0.15, -0.1) is 10.2 Å². The fourth-order valence-corrected chi connectivity index (χ4v) is 4.33. The largest absolute Gasteiger partial charge is 0.324 e. The van der Waals surface area contributed by atoms with Gasteiger partial charge in [0.1, 0.15) is 0 Å². The lowest BCUT2D eigenvalue weighted by atomic mass is 9.92. The first-order valence-electron chi connectivity index (χ1n) is 13.5. The average Bonchev–Trinajstić information content (AvgIpc) is 3.29.